The summed E-state index contributed by atoms with van der Waals surface area (Å²) in [5.74, 6) is 1.67. The minimum Gasteiger partial charge on any atom is -0.490 e. The molecule has 1 aliphatic rings. The van der Waals surface area contributed by atoms with Crippen molar-refractivity contribution in [1.82, 2.24) is 4.37 Å². The third kappa shape index (κ3) is 2.63. The van der Waals surface area contributed by atoms with Crippen LogP contribution in [0, 0.1) is 5.92 Å². The normalized spacial score (nSPS) is 23.9. The molecule has 0 bridgehead atoms. The van der Waals surface area contributed by atoms with Crippen molar-refractivity contribution in [3.8, 4) is 5.75 Å². The molecule has 0 amide bonds. The number of nitrogens with zero attached hydrogens (tertiary/aromatic N) is 1. The van der Waals surface area contributed by atoms with Crippen LogP contribution in [-0.4, -0.2) is 30.7 Å². The van der Waals surface area contributed by atoms with Crippen LogP contribution in [0.3, 0.4) is 0 Å². The third-order valence-corrected chi connectivity index (χ3v) is 3.95. The van der Waals surface area contributed by atoms with E-state index >= 15 is 0 Å². The van der Waals surface area contributed by atoms with Gasteiger partial charge < -0.3 is 20.5 Å². The fourth-order valence-electron chi connectivity index (χ4n) is 2.21. The van der Waals surface area contributed by atoms with Crippen LogP contribution in [0.2, 0.25) is 0 Å². The molecule has 0 spiro atoms. The second kappa shape index (κ2) is 5.55. The van der Waals surface area contributed by atoms with Crippen LogP contribution in [0.5, 0.6) is 5.75 Å². The van der Waals surface area contributed by atoms with Crippen LogP contribution >= 0.6 is 11.5 Å². The highest BCUT2D eigenvalue weighted by Gasteiger charge is 2.27. The highest BCUT2D eigenvalue weighted by molar-refractivity contribution is 7.11. The Hall–Kier alpha value is -1.01. The SMILES string of the molecule is CCC1OCCC1CNc1snc(N)c1OC. The van der Waals surface area contributed by atoms with Gasteiger partial charge in [-0.05, 0) is 24.4 Å². The lowest BCUT2D eigenvalue weighted by Crippen LogP contribution is -2.22. The van der Waals surface area contributed by atoms with Crippen molar-refractivity contribution in [2.75, 3.05) is 31.3 Å². The van der Waals surface area contributed by atoms with Crippen molar-refractivity contribution in [2.24, 2.45) is 5.92 Å². The van der Waals surface area contributed by atoms with Crippen LogP contribution in [0.25, 0.3) is 0 Å². The number of hydrogen-bond donors (Lipinski definition) is 2. The monoisotopic (exact) mass is 257 g/mol. The molecule has 2 heterocycles. The molecule has 1 aromatic rings. The van der Waals surface area contributed by atoms with E-state index in [2.05, 4.69) is 16.6 Å². The van der Waals surface area contributed by atoms with Gasteiger partial charge in [0.25, 0.3) is 0 Å². The topological polar surface area (TPSA) is 69.4 Å². The van der Waals surface area contributed by atoms with Gasteiger partial charge in [-0.2, -0.15) is 4.37 Å². The maximum Gasteiger partial charge on any atom is 0.197 e. The lowest BCUT2D eigenvalue weighted by Gasteiger charge is -2.17. The van der Waals surface area contributed by atoms with E-state index in [9.17, 15) is 0 Å². The molecule has 0 aromatic carbocycles. The molecule has 1 fully saturated rings. The van der Waals surface area contributed by atoms with E-state index in [4.69, 9.17) is 15.2 Å². The maximum absolute atomic E-state index is 5.70. The molecule has 1 aromatic heterocycles. The lowest BCUT2D eigenvalue weighted by molar-refractivity contribution is 0.0900. The molecule has 2 atom stereocenters. The second-order valence-electron chi connectivity index (χ2n) is 4.18. The summed E-state index contributed by atoms with van der Waals surface area (Å²) in [6.45, 7) is 3.91. The Kier molecular flexibility index (Phi) is 4.06. The first-order valence-electron chi connectivity index (χ1n) is 5.90. The Morgan fingerprint density at radius 1 is 1.65 bits per heavy atom. The number of ether oxygens (including phenoxy) is 2. The van der Waals surface area contributed by atoms with Crippen molar-refractivity contribution < 1.29 is 9.47 Å². The summed E-state index contributed by atoms with van der Waals surface area (Å²) in [5.41, 5.74) is 5.70. The summed E-state index contributed by atoms with van der Waals surface area (Å²) < 4.78 is 14.9. The van der Waals surface area contributed by atoms with E-state index in [1.54, 1.807) is 7.11 Å². The number of methoxy groups -OCH3 is 1. The van der Waals surface area contributed by atoms with Gasteiger partial charge in [0.1, 0.15) is 0 Å². The Morgan fingerprint density at radius 3 is 3.18 bits per heavy atom. The maximum atomic E-state index is 5.70. The van der Waals surface area contributed by atoms with Crippen molar-refractivity contribution >= 4 is 22.4 Å². The van der Waals surface area contributed by atoms with Gasteiger partial charge in [0.15, 0.2) is 16.6 Å². The van der Waals surface area contributed by atoms with E-state index in [1.807, 2.05) is 0 Å². The van der Waals surface area contributed by atoms with Crippen molar-refractivity contribution in [3.63, 3.8) is 0 Å². The third-order valence-electron chi connectivity index (χ3n) is 3.15. The van der Waals surface area contributed by atoms with Crippen molar-refractivity contribution in [1.29, 1.82) is 0 Å². The van der Waals surface area contributed by atoms with Gasteiger partial charge in [0.05, 0.1) is 13.2 Å². The van der Waals surface area contributed by atoms with Crippen LogP contribution < -0.4 is 15.8 Å². The van der Waals surface area contributed by atoms with E-state index < -0.39 is 0 Å². The summed E-state index contributed by atoms with van der Waals surface area (Å²) in [6.07, 6.45) is 2.55. The first kappa shape index (κ1) is 12.4. The van der Waals surface area contributed by atoms with Crippen LogP contribution in [0.15, 0.2) is 0 Å². The highest BCUT2D eigenvalue weighted by Crippen LogP contribution is 2.35. The molecule has 5 nitrogen and oxygen atoms in total. The number of anilines is 2. The molecule has 6 heteroatoms. The van der Waals surface area contributed by atoms with Crippen LogP contribution in [0.1, 0.15) is 19.8 Å². The zero-order chi connectivity index (χ0) is 12.3. The molecular weight excluding hydrogens is 238 g/mol. The summed E-state index contributed by atoms with van der Waals surface area (Å²) >= 11 is 1.34. The van der Waals surface area contributed by atoms with E-state index in [1.165, 1.54) is 11.5 Å². The molecule has 0 aliphatic carbocycles. The minimum atomic E-state index is 0.374. The molecule has 2 rings (SSSR count). The van der Waals surface area contributed by atoms with Gasteiger partial charge in [-0.1, -0.05) is 6.92 Å². The first-order chi connectivity index (χ1) is 8.26. The van der Waals surface area contributed by atoms with Crippen molar-refractivity contribution in [3.05, 3.63) is 0 Å². The lowest BCUT2D eigenvalue weighted by atomic mass is 10.00. The van der Waals surface area contributed by atoms with Gasteiger partial charge in [-0.25, -0.2) is 0 Å². The highest BCUT2D eigenvalue weighted by atomic mass is 32.1. The molecule has 96 valence electrons. The van der Waals surface area contributed by atoms with Gasteiger partial charge in [0, 0.05) is 19.1 Å². The number of hydrogen-bond acceptors (Lipinski definition) is 6. The average Bonchev–Trinajstić information content (AvgIpc) is 2.92. The molecule has 17 heavy (non-hydrogen) atoms. The van der Waals surface area contributed by atoms with Gasteiger partial charge in [0.2, 0.25) is 0 Å². The zero-order valence-corrected chi connectivity index (χ0v) is 11.0. The van der Waals surface area contributed by atoms with Crippen LogP contribution in [0.4, 0.5) is 10.8 Å². The number of nitrogens with two attached hydrogens (primary N) is 1. The molecule has 0 radical (unpaired) electrons. The van der Waals surface area contributed by atoms with Gasteiger partial charge in [-0.15, -0.1) is 0 Å². The summed E-state index contributed by atoms with van der Waals surface area (Å²) in [7, 11) is 1.61. The smallest absolute Gasteiger partial charge is 0.197 e. The molecule has 2 unspecified atom stereocenters. The fourth-order valence-corrected chi connectivity index (χ4v) is 2.90. The number of rotatable bonds is 5. The Bertz CT molecular complexity index is 370. The van der Waals surface area contributed by atoms with Crippen LogP contribution in [-0.2, 0) is 4.74 Å². The van der Waals surface area contributed by atoms with Gasteiger partial charge in [-0.3, -0.25) is 0 Å². The second-order valence-corrected chi connectivity index (χ2v) is 4.95. The molecule has 3 N–H and O–H groups in total. The largest absolute Gasteiger partial charge is 0.490 e. The number of aromatic nitrogens is 1. The first-order valence-corrected chi connectivity index (χ1v) is 6.68. The average molecular weight is 257 g/mol. The number of nitrogen functional groups attached to an aromatic ring is 1. The van der Waals surface area contributed by atoms with Crippen molar-refractivity contribution in [2.45, 2.75) is 25.9 Å². The predicted molar refractivity (Wildman–Crippen MR) is 69.7 cm³/mol. The van der Waals surface area contributed by atoms with E-state index in [0.717, 1.165) is 31.0 Å². The number of nitrogens with one attached hydrogen (secondary N) is 1. The predicted octanol–water partition coefficient (Wildman–Crippen LogP) is 1.96. The minimum absolute atomic E-state index is 0.374. The quantitative estimate of drug-likeness (QED) is 0.844. The molecule has 1 saturated heterocycles. The van der Waals surface area contributed by atoms with E-state index in [-0.39, 0.29) is 0 Å². The standard InChI is InChI=1S/C11H19N3O2S/c1-3-8-7(4-5-16-8)6-13-11-9(15-2)10(12)14-17-11/h7-8,13H,3-6H2,1-2H3,(H2,12,14). The fraction of sp³-hybridized carbons (Fsp3) is 0.727. The van der Waals surface area contributed by atoms with E-state index in [0.29, 0.717) is 23.6 Å². The summed E-state index contributed by atoms with van der Waals surface area (Å²) in [4.78, 5) is 0. The Balaban J connectivity index is 1.93. The zero-order valence-electron chi connectivity index (χ0n) is 10.2. The molecule has 0 saturated carbocycles. The molecule has 1 aliphatic heterocycles. The molecular formula is C11H19N3O2S. The Labute approximate surface area is 105 Å². The van der Waals surface area contributed by atoms with Gasteiger partial charge >= 0.3 is 0 Å². The summed E-state index contributed by atoms with van der Waals surface area (Å²) in [5, 5.41) is 4.27. The summed E-state index contributed by atoms with van der Waals surface area (Å²) in [6, 6.07) is 0. The Morgan fingerprint density at radius 2 is 2.47 bits per heavy atom.